The molecule has 6 rings (SSSR count). The zero-order chi connectivity index (χ0) is 39.7. The number of aryl methyl sites for hydroxylation is 2. The number of carbonyl (C=O) groups excluding carboxylic acids is 2. The van der Waals surface area contributed by atoms with Crippen LogP contribution in [-0.2, 0) is 36.6 Å². The number of nitrogens with zero attached hydrogens (tertiary/aromatic N) is 2. The highest BCUT2D eigenvalue weighted by Gasteiger charge is 2.24. The molecule has 57 heavy (non-hydrogen) atoms. The van der Waals surface area contributed by atoms with Gasteiger partial charge in [-0.25, -0.2) is 4.98 Å². The van der Waals surface area contributed by atoms with E-state index in [9.17, 15) is 14.4 Å². The van der Waals surface area contributed by atoms with Gasteiger partial charge in [0.15, 0.2) is 0 Å². The Bertz CT molecular complexity index is 1910. The highest BCUT2D eigenvalue weighted by Crippen LogP contribution is 2.37. The van der Waals surface area contributed by atoms with Gasteiger partial charge in [0.25, 0.3) is 11.8 Å². The number of benzene rings is 3. The lowest BCUT2D eigenvalue weighted by molar-refractivity contribution is -0.138. The molecule has 2 aliphatic rings. The zero-order valence-electron chi connectivity index (χ0n) is 32.5. The predicted octanol–water partition coefficient (Wildman–Crippen LogP) is 7.33. The van der Waals surface area contributed by atoms with Gasteiger partial charge in [0, 0.05) is 36.5 Å². The number of aromatic nitrogens is 1. The van der Waals surface area contributed by atoms with Crippen LogP contribution in [0.15, 0.2) is 72.9 Å². The Kier molecular flexibility index (Phi) is 16.4. The van der Waals surface area contributed by atoms with Gasteiger partial charge in [-0.1, -0.05) is 36.4 Å². The van der Waals surface area contributed by atoms with Gasteiger partial charge in [-0.05, 0) is 98.4 Å². The summed E-state index contributed by atoms with van der Waals surface area (Å²) in [7, 11) is 0. The average molecular weight is 799 g/mol. The number of fused-ring (bicyclic) bond motifs is 1. The Hall–Kier alpha value is -4.66. The fourth-order valence-electron chi connectivity index (χ4n) is 7.17. The minimum absolute atomic E-state index is 0.0141. The van der Waals surface area contributed by atoms with E-state index in [4.69, 9.17) is 29.0 Å². The second-order valence-corrected chi connectivity index (χ2v) is 15.3. The van der Waals surface area contributed by atoms with Crippen LogP contribution in [-0.4, -0.2) is 93.8 Å². The third kappa shape index (κ3) is 12.9. The number of piperidine rings is 1. The molecule has 12 nitrogen and oxygen atoms in total. The lowest BCUT2D eigenvalue weighted by Gasteiger charge is -2.29. The first-order valence-electron chi connectivity index (χ1n) is 20.1. The van der Waals surface area contributed by atoms with E-state index in [1.165, 1.54) is 28.9 Å². The molecule has 0 spiro atoms. The fraction of sp³-hybridized carbons (Fsp3) is 0.455. The van der Waals surface area contributed by atoms with Gasteiger partial charge in [-0.3, -0.25) is 14.4 Å². The van der Waals surface area contributed by atoms with Crippen LogP contribution >= 0.6 is 11.3 Å². The van der Waals surface area contributed by atoms with Gasteiger partial charge in [-0.15, -0.1) is 11.3 Å². The van der Waals surface area contributed by atoms with Gasteiger partial charge in [0.2, 0.25) is 0 Å². The summed E-state index contributed by atoms with van der Waals surface area (Å²) in [4.78, 5) is 45.4. The Morgan fingerprint density at radius 1 is 0.789 bits per heavy atom. The van der Waals surface area contributed by atoms with Crippen molar-refractivity contribution < 1.29 is 38.4 Å². The van der Waals surface area contributed by atoms with Crippen LogP contribution in [0.4, 0.5) is 11.4 Å². The average Bonchev–Trinajstić information content (AvgIpc) is 3.73. The van der Waals surface area contributed by atoms with Crippen LogP contribution < -0.4 is 15.5 Å². The Labute approximate surface area is 338 Å². The molecule has 1 aliphatic carbocycles. The number of carbonyl (C=O) groups is 3. The fourth-order valence-corrected chi connectivity index (χ4v) is 8.02. The number of ether oxygens (including phenoxy) is 4. The first-order chi connectivity index (χ1) is 27.9. The number of thiazole rings is 1. The molecule has 1 fully saturated rings. The maximum Gasteiger partial charge on any atom is 0.305 e. The number of nitrogens with one attached hydrogen (secondary N) is 2. The lowest BCUT2D eigenvalue weighted by atomic mass is 9.88. The van der Waals surface area contributed by atoms with Gasteiger partial charge in [-0.2, -0.15) is 0 Å². The van der Waals surface area contributed by atoms with Crippen molar-refractivity contribution in [3.8, 4) is 10.6 Å². The van der Waals surface area contributed by atoms with Crippen LogP contribution in [0.2, 0.25) is 0 Å². The normalized spacial score (nSPS) is 15.2. The van der Waals surface area contributed by atoms with Crippen molar-refractivity contribution in [2.45, 2.75) is 63.8 Å². The summed E-state index contributed by atoms with van der Waals surface area (Å²) in [5, 5.41) is 15.7. The highest BCUT2D eigenvalue weighted by atomic mass is 32.1. The third-order valence-corrected chi connectivity index (χ3v) is 11.2. The summed E-state index contributed by atoms with van der Waals surface area (Å²) < 4.78 is 21.8. The molecule has 304 valence electrons. The van der Waals surface area contributed by atoms with Gasteiger partial charge in [0.05, 0.1) is 70.6 Å². The molecule has 1 saturated heterocycles. The van der Waals surface area contributed by atoms with Gasteiger partial charge >= 0.3 is 5.97 Å². The van der Waals surface area contributed by atoms with Crippen molar-refractivity contribution in [3.63, 3.8) is 0 Å². The summed E-state index contributed by atoms with van der Waals surface area (Å²) in [5.41, 5.74) is 6.62. The number of hydrogen-bond acceptors (Lipinski definition) is 10. The summed E-state index contributed by atoms with van der Waals surface area (Å²) >= 11 is 1.35. The van der Waals surface area contributed by atoms with E-state index < -0.39 is 5.97 Å². The molecule has 4 aromatic rings. The van der Waals surface area contributed by atoms with E-state index in [2.05, 4.69) is 45.9 Å². The molecule has 3 aromatic carbocycles. The Balaban J connectivity index is 0.997. The summed E-state index contributed by atoms with van der Waals surface area (Å²) in [6, 6.07) is 22.1. The minimum atomic E-state index is -0.880. The van der Waals surface area contributed by atoms with Crippen LogP contribution in [0.3, 0.4) is 0 Å². The van der Waals surface area contributed by atoms with Crippen molar-refractivity contribution in [3.05, 3.63) is 100 Å². The first kappa shape index (κ1) is 42.0. The standard InChI is InChI=1S/C44H54N4O8S/c49-41(50)18-22-54-24-26-56-28-27-55-25-23-53-21-8-10-32-9-6-13-34(29-32)42(51)46-39-17-16-35(48-19-4-1-5-20-48)30-37(39)44-45-31-40(57-44)43(52)47-38-15-7-12-33-11-2-3-14-36(33)38/h2-3,6,9,11,13-14,16-17,29-31,38H,1,4-5,7-8,10,12,15,18-28H2,(H,46,51)(H,47,52)(H,49,50)/t38-/m0/s1. The SMILES string of the molecule is O=C(O)CCOCCOCCOCCOCCCc1cccc(C(=O)Nc2ccc(N3CCCCC3)cc2-c2ncc(C(=O)N[C@H]3CCCc4ccccc43)s2)c1. The molecule has 2 amide bonds. The summed E-state index contributed by atoms with van der Waals surface area (Å²) in [6.07, 6.45) is 9.68. The summed E-state index contributed by atoms with van der Waals surface area (Å²) in [6.45, 7) is 5.26. The van der Waals surface area contributed by atoms with E-state index in [1.807, 2.05) is 36.4 Å². The molecular formula is C44H54N4O8S. The second kappa shape index (κ2) is 22.3. The number of carboxylic acids is 1. The molecule has 2 heterocycles. The number of carboxylic acid groups (broad SMARTS) is 1. The monoisotopic (exact) mass is 798 g/mol. The van der Waals surface area contributed by atoms with Crippen LogP contribution in [0.1, 0.15) is 87.7 Å². The van der Waals surface area contributed by atoms with Crippen molar-refractivity contribution in [1.29, 1.82) is 0 Å². The first-order valence-corrected chi connectivity index (χ1v) is 20.9. The molecule has 1 aliphatic heterocycles. The van der Waals surface area contributed by atoms with Crippen LogP contribution in [0.5, 0.6) is 0 Å². The quantitative estimate of drug-likeness (QED) is 0.0691. The van der Waals surface area contributed by atoms with Gasteiger partial charge in [0.1, 0.15) is 9.88 Å². The van der Waals surface area contributed by atoms with E-state index in [-0.39, 0.29) is 30.9 Å². The maximum absolute atomic E-state index is 13.7. The smallest absolute Gasteiger partial charge is 0.305 e. The van der Waals surface area contributed by atoms with E-state index in [1.54, 1.807) is 6.20 Å². The zero-order valence-corrected chi connectivity index (χ0v) is 33.4. The number of aliphatic carboxylic acids is 1. The number of anilines is 2. The Morgan fingerprint density at radius 3 is 2.30 bits per heavy atom. The molecule has 0 saturated carbocycles. The Morgan fingerprint density at radius 2 is 1.53 bits per heavy atom. The number of hydrogen-bond donors (Lipinski definition) is 3. The largest absolute Gasteiger partial charge is 0.481 e. The van der Waals surface area contributed by atoms with Crippen LogP contribution in [0, 0.1) is 0 Å². The molecule has 1 atom stereocenters. The number of amides is 2. The molecule has 0 radical (unpaired) electrons. The second-order valence-electron chi connectivity index (χ2n) is 14.3. The van der Waals surface area contributed by atoms with E-state index in [0.29, 0.717) is 67.4 Å². The minimum Gasteiger partial charge on any atom is -0.481 e. The van der Waals surface area contributed by atoms with Crippen molar-refractivity contribution >= 4 is 40.5 Å². The van der Waals surface area contributed by atoms with Crippen molar-refractivity contribution in [2.75, 3.05) is 76.2 Å². The van der Waals surface area contributed by atoms with Crippen molar-refractivity contribution in [1.82, 2.24) is 10.3 Å². The van der Waals surface area contributed by atoms with Crippen molar-refractivity contribution in [2.24, 2.45) is 0 Å². The molecule has 0 unspecified atom stereocenters. The van der Waals surface area contributed by atoms with Gasteiger partial charge < -0.3 is 39.6 Å². The molecule has 13 heteroatoms. The third-order valence-electron chi connectivity index (χ3n) is 10.1. The van der Waals surface area contributed by atoms with E-state index >= 15 is 0 Å². The topological polar surface area (TPSA) is 149 Å². The molecule has 1 aromatic heterocycles. The van der Waals surface area contributed by atoms with Crippen LogP contribution in [0.25, 0.3) is 10.6 Å². The molecular weight excluding hydrogens is 745 g/mol. The van der Waals surface area contributed by atoms with E-state index in [0.717, 1.165) is 74.8 Å². The number of rotatable bonds is 22. The summed E-state index contributed by atoms with van der Waals surface area (Å²) in [5.74, 6) is -1.22. The molecule has 0 bridgehead atoms. The highest BCUT2D eigenvalue weighted by molar-refractivity contribution is 7.17. The predicted molar refractivity (Wildman–Crippen MR) is 221 cm³/mol. The molecule has 3 N–H and O–H groups in total. The maximum atomic E-state index is 13.7. The lowest BCUT2D eigenvalue weighted by Crippen LogP contribution is -2.30.